The number of pyridine rings is 1. The highest BCUT2D eigenvalue weighted by Crippen LogP contribution is 2.35. The predicted octanol–water partition coefficient (Wildman–Crippen LogP) is 4.60. The summed E-state index contributed by atoms with van der Waals surface area (Å²) in [6.07, 6.45) is 4.60. The van der Waals surface area contributed by atoms with E-state index in [4.69, 9.17) is 20.8 Å². The summed E-state index contributed by atoms with van der Waals surface area (Å²) in [6, 6.07) is 8.37. The molecule has 0 aliphatic heterocycles. The van der Waals surface area contributed by atoms with E-state index in [0.717, 1.165) is 6.42 Å². The lowest BCUT2D eigenvalue weighted by molar-refractivity contribution is -0.135. The van der Waals surface area contributed by atoms with E-state index >= 15 is 0 Å². The van der Waals surface area contributed by atoms with E-state index in [1.807, 2.05) is 0 Å². The molecule has 43 heavy (non-hydrogen) atoms. The molecular formula is C31H38ClN5O6. The largest absolute Gasteiger partial charge is 0.449 e. The third kappa shape index (κ3) is 8.11. The lowest BCUT2D eigenvalue weighted by Crippen LogP contribution is -2.35. The Kier molecular flexibility index (Phi) is 10.8. The van der Waals surface area contributed by atoms with Crippen LogP contribution in [0.25, 0.3) is 11.0 Å². The minimum Gasteiger partial charge on any atom is -0.449 e. The van der Waals surface area contributed by atoms with Crippen molar-refractivity contribution >= 4 is 57.7 Å². The highest BCUT2D eigenvalue weighted by Gasteiger charge is 2.32. The number of benzene rings is 1. The van der Waals surface area contributed by atoms with E-state index in [-0.39, 0.29) is 53.2 Å². The van der Waals surface area contributed by atoms with Gasteiger partial charge in [-0.15, -0.1) is 0 Å². The van der Waals surface area contributed by atoms with Gasteiger partial charge < -0.3 is 29.6 Å². The SMILES string of the molecule is COCCCN(C)C(=O)Cc1ccc2oc(C(=O)Nc3ccc(Cl)cn3)c(NC(=O)[C@H]3CC[C@H](C(=O)N(C)C)CC3)c2c1. The van der Waals surface area contributed by atoms with Gasteiger partial charge in [0.15, 0.2) is 0 Å². The fourth-order valence-corrected chi connectivity index (χ4v) is 5.35. The van der Waals surface area contributed by atoms with Crippen LogP contribution in [0.3, 0.4) is 0 Å². The molecule has 0 saturated heterocycles. The molecule has 0 unspecified atom stereocenters. The van der Waals surface area contributed by atoms with Crippen LogP contribution in [0.1, 0.15) is 48.2 Å². The maximum Gasteiger partial charge on any atom is 0.294 e. The summed E-state index contributed by atoms with van der Waals surface area (Å²) < 4.78 is 11.0. The summed E-state index contributed by atoms with van der Waals surface area (Å²) in [5.41, 5.74) is 1.32. The van der Waals surface area contributed by atoms with Gasteiger partial charge in [0.25, 0.3) is 5.91 Å². The summed E-state index contributed by atoms with van der Waals surface area (Å²) in [6.45, 7) is 1.12. The Morgan fingerprint density at radius 2 is 1.74 bits per heavy atom. The second-order valence-corrected chi connectivity index (χ2v) is 11.5. The number of aromatic nitrogens is 1. The van der Waals surface area contributed by atoms with Gasteiger partial charge in [0, 0.05) is 64.8 Å². The van der Waals surface area contributed by atoms with Gasteiger partial charge in [-0.25, -0.2) is 4.98 Å². The first-order valence-corrected chi connectivity index (χ1v) is 14.7. The molecule has 1 fully saturated rings. The molecule has 4 rings (SSSR count). The quantitative estimate of drug-likeness (QED) is 0.303. The number of hydrogen-bond acceptors (Lipinski definition) is 7. The first kappa shape index (κ1) is 32.0. The summed E-state index contributed by atoms with van der Waals surface area (Å²) >= 11 is 5.92. The second-order valence-electron chi connectivity index (χ2n) is 11.1. The molecule has 2 heterocycles. The van der Waals surface area contributed by atoms with Gasteiger partial charge in [-0.2, -0.15) is 0 Å². The van der Waals surface area contributed by atoms with E-state index < -0.39 is 5.91 Å². The Labute approximate surface area is 255 Å². The number of amides is 4. The Hall–Kier alpha value is -3.96. The molecule has 12 heteroatoms. The van der Waals surface area contributed by atoms with Crippen LogP contribution in [-0.2, 0) is 25.5 Å². The minimum atomic E-state index is -0.600. The number of anilines is 2. The number of likely N-dealkylation sites (N-methyl/N-ethyl adjacent to an activating group) is 1. The maximum absolute atomic E-state index is 13.5. The molecular weight excluding hydrogens is 574 g/mol. The molecule has 4 amide bonds. The van der Waals surface area contributed by atoms with Crippen molar-refractivity contribution in [1.29, 1.82) is 0 Å². The molecule has 1 aliphatic carbocycles. The standard InChI is InChI=1S/C31H38ClN5O6/c1-36(2)31(41)21-9-7-20(8-10-21)29(39)35-27-23-16-19(17-26(38)37(3)14-5-15-42-4)6-12-24(23)43-28(27)30(40)34-25-13-11-22(32)18-33-25/h6,11-13,16,18,20-21H,5,7-10,14-15,17H2,1-4H3,(H,35,39)(H,33,34,40)/t20-,21-. The number of rotatable bonds is 11. The van der Waals surface area contributed by atoms with Crippen molar-refractivity contribution in [2.75, 3.05) is 52.0 Å². The number of carbonyl (C=O) groups is 4. The Morgan fingerprint density at radius 1 is 1.02 bits per heavy atom. The number of furan rings is 1. The van der Waals surface area contributed by atoms with Gasteiger partial charge in [-0.05, 0) is 61.9 Å². The molecule has 2 N–H and O–H groups in total. The molecule has 230 valence electrons. The number of fused-ring (bicyclic) bond motifs is 1. The average Bonchev–Trinajstić information content (AvgIpc) is 3.35. The van der Waals surface area contributed by atoms with Crippen molar-refractivity contribution in [3.05, 3.63) is 52.9 Å². The average molecular weight is 612 g/mol. The fourth-order valence-electron chi connectivity index (χ4n) is 5.23. The monoisotopic (exact) mass is 611 g/mol. The summed E-state index contributed by atoms with van der Waals surface area (Å²) in [5, 5.41) is 6.56. The third-order valence-corrected chi connectivity index (χ3v) is 7.91. The first-order chi connectivity index (χ1) is 20.6. The molecule has 2 aromatic heterocycles. The highest BCUT2D eigenvalue weighted by atomic mass is 35.5. The molecule has 0 radical (unpaired) electrons. The Balaban J connectivity index is 1.58. The van der Waals surface area contributed by atoms with E-state index in [0.29, 0.717) is 60.4 Å². The van der Waals surface area contributed by atoms with E-state index in [9.17, 15) is 19.2 Å². The van der Waals surface area contributed by atoms with Gasteiger partial charge in [0.2, 0.25) is 23.5 Å². The summed E-state index contributed by atoms with van der Waals surface area (Å²) in [5.74, 6) is -1.10. The van der Waals surface area contributed by atoms with Gasteiger partial charge in [0.1, 0.15) is 17.1 Å². The van der Waals surface area contributed by atoms with Gasteiger partial charge >= 0.3 is 0 Å². The number of methoxy groups -OCH3 is 1. The van der Waals surface area contributed by atoms with Crippen LogP contribution in [0.4, 0.5) is 11.5 Å². The van der Waals surface area contributed by atoms with Crippen molar-refractivity contribution in [2.45, 2.75) is 38.5 Å². The zero-order chi connectivity index (χ0) is 31.1. The summed E-state index contributed by atoms with van der Waals surface area (Å²) in [7, 11) is 6.83. The topological polar surface area (TPSA) is 134 Å². The summed E-state index contributed by atoms with van der Waals surface area (Å²) in [4.78, 5) is 59.5. The van der Waals surface area contributed by atoms with Crippen molar-refractivity contribution in [1.82, 2.24) is 14.8 Å². The number of halogens is 1. The van der Waals surface area contributed by atoms with Crippen molar-refractivity contribution in [3.63, 3.8) is 0 Å². The van der Waals surface area contributed by atoms with Gasteiger partial charge in [-0.1, -0.05) is 17.7 Å². The molecule has 0 bridgehead atoms. The molecule has 1 aliphatic rings. The van der Waals surface area contributed by atoms with Crippen molar-refractivity contribution in [3.8, 4) is 0 Å². The van der Waals surface area contributed by atoms with Crippen LogP contribution in [0.5, 0.6) is 0 Å². The molecule has 0 atom stereocenters. The van der Waals surface area contributed by atoms with E-state index in [1.165, 1.54) is 6.20 Å². The van der Waals surface area contributed by atoms with Crippen LogP contribution >= 0.6 is 11.6 Å². The molecule has 1 saturated carbocycles. The lowest BCUT2D eigenvalue weighted by Gasteiger charge is -2.28. The smallest absolute Gasteiger partial charge is 0.294 e. The minimum absolute atomic E-state index is 0.0691. The molecule has 3 aromatic rings. The van der Waals surface area contributed by atoms with E-state index in [2.05, 4.69) is 15.6 Å². The number of hydrogen-bond donors (Lipinski definition) is 2. The molecule has 1 aromatic carbocycles. The lowest BCUT2D eigenvalue weighted by atomic mass is 9.81. The Bertz CT molecular complexity index is 1460. The zero-order valence-electron chi connectivity index (χ0n) is 24.9. The number of carbonyl (C=O) groups excluding carboxylic acids is 4. The van der Waals surface area contributed by atoms with Crippen LogP contribution in [-0.4, -0.2) is 79.8 Å². The predicted molar refractivity (Wildman–Crippen MR) is 164 cm³/mol. The Morgan fingerprint density at radius 3 is 2.40 bits per heavy atom. The van der Waals surface area contributed by atoms with Crippen LogP contribution in [0, 0.1) is 11.8 Å². The third-order valence-electron chi connectivity index (χ3n) is 7.69. The number of ether oxygens (including phenoxy) is 1. The van der Waals surface area contributed by atoms with Crippen molar-refractivity contribution < 1.29 is 28.3 Å². The van der Waals surface area contributed by atoms with E-state index in [1.54, 1.807) is 68.4 Å². The highest BCUT2D eigenvalue weighted by molar-refractivity contribution is 6.30. The number of nitrogens with zero attached hydrogens (tertiary/aromatic N) is 3. The van der Waals surface area contributed by atoms with Crippen LogP contribution in [0.2, 0.25) is 5.02 Å². The first-order valence-electron chi connectivity index (χ1n) is 14.3. The molecule has 0 spiro atoms. The maximum atomic E-state index is 13.5. The van der Waals surface area contributed by atoms with Gasteiger partial charge in [-0.3, -0.25) is 19.2 Å². The number of nitrogens with one attached hydrogen (secondary N) is 2. The van der Waals surface area contributed by atoms with Crippen LogP contribution in [0.15, 0.2) is 40.9 Å². The van der Waals surface area contributed by atoms with Crippen molar-refractivity contribution in [2.24, 2.45) is 11.8 Å². The second kappa shape index (κ2) is 14.5. The molecule has 11 nitrogen and oxygen atoms in total. The zero-order valence-corrected chi connectivity index (χ0v) is 25.7. The normalized spacial score (nSPS) is 16.5. The van der Waals surface area contributed by atoms with Gasteiger partial charge in [0.05, 0.1) is 11.4 Å². The fraction of sp³-hybridized carbons (Fsp3) is 0.452. The van der Waals surface area contributed by atoms with Crippen LogP contribution < -0.4 is 10.6 Å².